The van der Waals surface area contributed by atoms with Gasteiger partial charge >= 0.3 is 0 Å². The van der Waals surface area contributed by atoms with Crippen molar-refractivity contribution in [1.82, 2.24) is 9.55 Å². The van der Waals surface area contributed by atoms with E-state index in [0.717, 1.165) is 16.5 Å². The summed E-state index contributed by atoms with van der Waals surface area (Å²) in [5.41, 5.74) is 19.5. The van der Waals surface area contributed by atoms with Gasteiger partial charge in [0.1, 0.15) is 0 Å². The molecular formula is C60H36N2. The minimum absolute atomic E-state index is 0.528. The van der Waals surface area contributed by atoms with Crippen LogP contribution >= 0.6 is 0 Å². The number of para-hydroxylation sites is 3. The van der Waals surface area contributed by atoms with Gasteiger partial charge in [0, 0.05) is 33.6 Å². The maximum absolute atomic E-state index is 4.94. The number of hydrogen-bond acceptors (Lipinski definition) is 1. The van der Waals surface area contributed by atoms with Gasteiger partial charge in [-0.3, -0.25) is 4.98 Å². The van der Waals surface area contributed by atoms with E-state index < -0.39 is 5.41 Å². The Morgan fingerprint density at radius 3 is 1.65 bits per heavy atom. The van der Waals surface area contributed by atoms with Crippen LogP contribution in [0.15, 0.2) is 219 Å². The number of aromatic nitrogens is 2. The smallest absolute Gasteiger partial charge is 0.0780 e. The molecular weight excluding hydrogens is 749 g/mol. The molecule has 0 N–H and O–H groups in total. The molecule has 0 aliphatic heterocycles. The Balaban J connectivity index is 1.09. The van der Waals surface area contributed by atoms with Gasteiger partial charge in [-0.2, -0.15) is 0 Å². The maximum Gasteiger partial charge on any atom is 0.0780 e. The lowest BCUT2D eigenvalue weighted by Crippen LogP contribution is -2.26. The second-order valence-corrected chi connectivity index (χ2v) is 16.9. The summed E-state index contributed by atoms with van der Waals surface area (Å²) >= 11 is 0. The van der Waals surface area contributed by atoms with Crippen molar-refractivity contribution in [2.75, 3.05) is 0 Å². The maximum atomic E-state index is 4.94. The van der Waals surface area contributed by atoms with Crippen molar-refractivity contribution >= 4 is 54.3 Å². The molecule has 62 heavy (non-hydrogen) atoms. The lowest BCUT2D eigenvalue weighted by atomic mass is 9.70. The highest BCUT2D eigenvalue weighted by Gasteiger charge is 2.52. The first-order valence-electron chi connectivity index (χ1n) is 21.5. The molecule has 2 nitrogen and oxygen atoms in total. The predicted octanol–water partition coefficient (Wildman–Crippen LogP) is 15.3. The molecule has 2 aromatic heterocycles. The van der Waals surface area contributed by atoms with Crippen LogP contribution < -0.4 is 0 Å². The minimum Gasteiger partial charge on any atom is -0.309 e. The fraction of sp³-hybridized carbons (Fsp3) is 0.0167. The van der Waals surface area contributed by atoms with Crippen LogP contribution in [0.4, 0.5) is 0 Å². The molecule has 1 unspecified atom stereocenters. The third-order valence-electron chi connectivity index (χ3n) is 14.0. The molecule has 0 saturated carbocycles. The number of fused-ring (bicyclic) bond motifs is 16. The van der Waals surface area contributed by atoms with Gasteiger partial charge in [0.25, 0.3) is 0 Å². The van der Waals surface area contributed by atoms with Gasteiger partial charge in [0.15, 0.2) is 0 Å². The fourth-order valence-corrected chi connectivity index (χ4v) is 11.6. The van der Waals surface area contributed by atoms with Crippen LogP contribution in [0.5, 0.6) is 0 Å². The zero-order valence-corrected chi connectivity index (χ0v) is 33.7. The molecule has 12 aromatic rings. The van der Waals surface area contributed by atoms with E-state index in [0.29, 0.717) is 0 Å². The first-order valence-corrected chi connectivity index (χ1v) is 21.5. The van der Waals surface area contributed by atoms with Gasteiger partial charge in [0.05, 0.1) is 22.0 Å². The minimum atomic E-state index is -0.528. The largest absolute Gasteiger partial charge is 0.309 e. The molecule has 0 bridgehead atoms. The number of nitrogens with zero attached hydrogens (tertiary/aromatic N) is 2. The average Bonchev–Trinajstić information content (AvgIpc) is 3.93. The van der Waals surface area contributed by atoms with Crippen molar-refractivity contribution in [1.29, 1.82) is 0 Å². The van der Waals surface area contributed by atoms with Crippen LogP contribution in [0, 0.1) is 0 Å². The van der Waals surface area contributed by atoms with E-state index in [2.05, 4.69) is 211 Å². The Labute approximate surface area is 358 Å². The van der Waals surface area contributed by atoms with Crippen LogP contribution in [0.1, 0.15) is 22.3 Å². The summed E-state index contributed by atoms with van der Waals surface area (Å²) in [6, 6.07) is 79.1. The number of pyridine rings is 1. The van der Waals surface area contributed by atoms with Crippen molar-refractivity contribution in [2.24, 2.45) is 0 Å². The summed E-state index contributed by atoms with van der Waals surface area (Å²) < 4.78 is 2.46. The van der Waals surface area contributed by atoms with Crippen molar-refractivity contribution < 1.29 is 0 Å². The number of rotatable bonds is 3. The molecule has 0 radical (unpaired) electrons. The number of benzene rings is 10. The van der Waals surface area contributed by atoms with Gasteiger partial charge in [-0.25, -0.2) is 0 Å². The van der Waals surface area contributed by atoms with E-state index in [9.17, 15) is 0 Å². The summed E-state index contributed by atoms with van der Waals surface area (Å²) in [6.45, 7) is 0. The fourth-order valence-electron chi connectivity index (χ4n) is 11.6. The van der Waals surface area contributed by atoms with Gasteiger partial charge in [-0.15, -0.1) is 0 Å². The Kier molecular flexibility index (Phi) is 6.79. The SMILES string of the molecule is c1ccc(-n2c3ccccc3c3cc4c(cc32)C2(c3ccccc3-c3ccc(-c5c6ccccc6c(-c6cccc7cccnc67)c6ccccc56)cc32)c2ccccc2-4)cc1. The Bertz CT molecular complexity index is 3810. The zero-order chi connectivity index (χ0) is 40.5. The van der Waals surface area contributed by atoms with E-state index in [1.165, 1.54) is 110 Å². The van der Waals surface area contributed by atoms with Crippen LogP contribution in [0.25, 0.3) is 104 Å². The molecule has 0 saturated heterocycles. The van der Waals surface area contributed by atoms with Gasteiger partial charge in [-0.05, 0) is 125 Å². The lowest BCUT2D eigenvalue weighted by molar-refractivity contribution is 0.795. The van der Waals surface area contributed by atoms with Crippen LogP contribution in [0.2, 0.25) is 0 Å². The quantitative estimate of drug-likeness (QED) is 0.163. The van der Waals surface area contributed by atoms with Crippen molar-refractivity contribution in [3.8, 4) is 50.2 Å². The normalized spacial score (nSPS) is 14.8. The Hall–Kier alpha value is -8.07. The van der Waals surface area contributed by atoms with Crippen LogP contribution in [-0.4, -0.2) is 9.55 Å². The first-order chi connectivity index (χ1) is 30.8. The van der Waals surface area contributed by atoms with Gasteiger partial charge < -0.3 is 4.57 Å². The number of hydrogen-bond donors (Lipinski definition) is 0. The van der Waals surface area contributed by atoms with Gasteiger partial charge in [0.2, 0.25) is 0 Å². The summed E-state index contributed by atoms with van der Waals surface area (Å²) in [6.07, 6.45) is 1.91. The molecule has 2 heteroatoms. The average molecular weight is 785 g/mol. The third kappa shape index (κ3) is 4.30. The highest BCUT2D eigenvalue weighted by Crippen LogP contribution is 2.64. The Morgan fingerprint density at radius 1 is 0.339 bits per heavy atom. The molecule has 2 aliphatic rings. The van der Waals surface area contributed by atoms with Crippen molar-refractivity contribution in [2.45, 2.75) is 5.41 Å². The lowest BCUT2D eigenvalue weighted by Gasteiger charge is -2.31. The molecule has 286 valence electrons. The van der Waals surface area contributed by atoms with Crippen molar-refractivity contribution in [3.05, 3.63) is 241 Å². The molecule has 2 aliphatic carbocycles. The van der Waals surface area contributed by atoms with E-state index in [1.807, 2.05) is 12.3 Å². The summed E-state index contributed by atoms with van der Waals surface area (Å²) in [5, 5.41) is 8.61. The highest BCUT2D eigenvalue weighted by molar-refractivity contribution is 6.23. The Morgan fingerprint density at radius 2 is 0.903 bits per heavy atom. The standard InChI is InChI=1S/C60H36N2/c1-2-18-39(19-3-1)62-55-30-13-10-22-43(55)50-35-49-41-21-9-12-29-52(41)60(54(49)36-56(50)62)51-28-11-8-20-40(51)42-32-31-38(34-53(42)60)57-44-23-4-6-25-46(44)58(47-26-7-5-24-45(47)57)48-27-14-16-37-17-15-33-61-59(37)48/h1-36H. The summed E-state index contributed by atoms with van der Waals surface area (Å²) in [7, 11) is 0. The molecule has 2 heterocycles. The van der Waals surface area contributed by atoms with E-state index in [4.69, 9.17) is 4.98 Å². The highest BCUT2D eigenvalue weighted by atomic mass is 15.0. The molecule has 1 atom stereocenters. The molecule has 14 rings (SSSR count). The van der Waals surface area contributed by atoms with E-state index in [1.54, 1.807) is 0 Å². The molecule has 10 aromatic carbocycles. The third-order valence-corrected chi connectivity index (χ3v) is 14.0. The molecule has 0 fully saturated rings. The van der Waals surface area contributed by atoms with E-state index >= 15 is 0 Å². The van der Waals surface area contributed by atoms with Crippen molar-refractivity contribution in [3.63, 3.8) is 0 Å². The molecule has 0 amide bonds. The monoisotopic (exact) mass is 784 g/mol. The van der Waals surface area contributed by atoms with Crippen LogP contribution in [-0.2, 0) is 5.41 Å². The summed E-state index contributed by atoms with van der Waals surface area (Å²) in [5.74, 6) is 0. The second kappa shape index (κ2) is 12.5. The predicted molar refractivity (Wildman–Crippen MR) is 258 cm³/mol. The summed E-state index contributed by atoms with van der Waals surface area (Å²) in [4.78, 5) is 4.94. The zero-order valence-electron chi connectivity index (χ0n) is 33.7. The topological polar surface area (TPSA) is 17.8 Å². The first kappa shape index (κ1) is 33.7. The van der Waals surface area contributed by atoms with E-state index in [-0.39, 0.29) is 0 Å². The van der Waals surface area contributed by atoms with Gasteiger partial charge in [-0.1, -0.05) is 170 Å². The molecule has 1 spiro atoms. The second-order valence-electron chi connectivity index (χ2n) is 16.9. The van der Waals surface area contributed by atoms with Crippen LogP contribution in [0.3, 0.4) is 0 Å².